The van der Waals surface area contributed by atoms with Gasteiger partial charge in [-0.15, -0.1) is 0 Å². The normalized spacial score (nSPS) is 17.5. The highest BCUT2D eigenvalue weighted by Gasteiger charge is 2.22. The van der Waals surface area contributed by atoms with Crippen LogP contribution >= 0.6 is 9.24 Å². The van der Waals surface area contributed by atoms with Crippen molar-refractivity contribution in [3.8, 4) is 0 Å². The summed E-state index contributed by atoms with van der Waals surface area (Å²) in [6.45, 7) is 3.27. The van der Waals surface area contributed by atoms with Crippen LogP contribution in [0.5, 0.6) is 0 Å². The monoisotopic (exact) mass is 134 g/mol. The van der Waals surface area contributed by atoms with Crippen molar-refractivity contribution < 1.29 is 9.90 Å². The van der Waals surface area contributed by atoms with Crippen molar-refractivity contribution in [1.82, 2.24) is 0 Å². The number of aliphatic hydroxyl groups is 1. The fourth-order valence-corrected chi connectivity index (χ4v) is 0.378. The Bertz CT molecular complexity index is 98.6. The maximum Gasteiger partial charge on any atom is 0.179 e. The van der Waals surface area contributed by atoms with Gasteiger partial charge in [0.1, 0.15) is 5.60 Å². The van der Waals surface area contributed by atoms with Crippen molar-refractivity contribution in [2.24, 2.45) is 0 Å². The van der Waals surface area contributed by atoms with Crippen molar-refractivity contribution in [3.63, 3.8) is 0 Å². The second kappa shape index (κ2) is 2.56. The molecule has 8 heavy (non-hydrogen) atoms. The highest BCUT2D eigenvalue weighted by Crippen LogP contribution is 2.12. The first kappa shape index (κ1) is 8.06. The molecule has 0 aromatic heterocycles. The lowest BCUT2D eigenvalue weighted by atomic mass is 10.1. The number of carbonyl (C=O) groups is 1. The zero-order valence-corrected chi connectivity index (χ0v) is 6.29. The standard InChI is InChI=1S/C5H11O2P/c1-3-5(2,7)4(6)8/h7H,3,8H2,1-2H3. The fourth-order valence-electron chi connectivity index (χ4n) is 0.174. The lowest BCUT2D eigenvalue weighted by Gasteiger charge is -2.15. The lowest BCUT2D eigenvalue weighted by Crippen LogP contribution is -2.29. The summed E-state index contributed by atoms with van der Waals surface area (Å²) in [4.78, 5) is 10.4. The summed E-state index contributed by atoms with van der Waals surface area (Å²) < 4.78 is 0. The zero-order chi connectivity index (χ0) is 6.78. The second-order valence-corrected chi connectivity index (χ2v) is 2.52. The summed E-state index contributed by atoms with van der Waals surface area (Å²) in [5, 5.41) is 9.03. The van der Waals surface area contributed by atoms with E-state index >= 15 is 0 Å². The molecule has 0 rings (SSSR count). The number of hydrogen-bond donors (Lipinski definition) is 1. The van der Waals surface area contributed by atoms with E-state index in [1.54, 1.807) is 6.92 Å². The third-order valence-electron chi connectivity index (χ3n) is 1.22. The van der Waals surface area contributed by atoms with Gasteiger partial charge in [-0.3, -0.25) is 4.79 Å². The molecule has 0 aliphatic heterocycles. The number of hydrogen-bond acceptors (Lipinski definition) is 2. The molecule has 1 N–H and O–H groups in total. The summed E-state index contributed by atoms with van der Waals surface area (Å²) in [5.74, 6) is 0. The van der Waals surface area contributed by atoms with E-state index in [9.17, 15) is 4.79 Å². The molecule has 0 aromatic carbocycles. The molecule has 0 heterocycles. The van der Waals surface area contributed by atoms with Crippen molar-refractivity contribution in [2.45, 2.75) is 25.9 Å². The smallest absolute Gasteiger partial charge is 0.179 e. The van der Waals surface area contributed by atoms with Crippen molar-refractivity contribution in [3.05, 3.63) is 0 Å². The van der Waals surface area contributed by atoms with E-state index in [4.69, 9.17) is 5.11 Å². The van der Waals surface area contributed by atoms with Crippen LogP contribution in [0.4, 0.5) is 0 Å². The van der Waals surface area contributed by atoms with Gasteiger partial charge in [0.2, 0.25) is 0 Å². The molecular formula is C5H11O2P. The predicted molar refractivity (Wildman–Crippen MR) is 35.6 cm³/mol. The Labute approximate surface area is 51.5 Å². The topological polar surface area (TPSA) is 37.3 Å². The van der Waals surface area contributed by atoms with Crippen LogP contribution < -0.4 is 0 Å². The molecule has 0 aliphatic carbocycles. The van der Waals surface area contributed by atoms with Gasteiger partial charge in [-0.05, 0) is 13.3 Å². The fraction of sp³-hybridized carbons (Fsp3) is 0.800. The highest BCUT2D eigenvalue weighted by molar-refractivity contribution is 7.40. The molecule has 48 valence electrons. The molecule has 0 aromatic rings. The van der Waals surface area contributed by atoms with Crippen LogP contribution in [0.25, 0.3) is 0 Å². The molecule has 2 atom stereocenters. The van der Waals surface area contributed by atoms with Crippen LogP contribution in [-0.4, -0.2) is 16.2 Å². The first-order valence-corrected chi connectivity index (χ1v) is 3.10. The maximum absolute atomic E-state index is 10.4. The van der Waals surface area contributed by atoms with Crippen LogP contribution in [0, 0.1) is 0 Å². The van der Waals surface area contributed by atoms with Gasteiger partial charge in [0.25, 0.3) is 0 Å². The van der Waals surface area contributed by atoms with Gasteiger partial charge in [-0.25, -0.2) is 0 Å². The van der Waals surface area contributed by atoms with Crippen LogP contribution in [0.2, 0.25) is 0 Å². The Morgan fingerprint density at radius 2 is 2.25 bits per heavy atom. The summed E-state index contributed by atoms with van der Waals surface area (Å²) in [6.07, 6.45) is 0.468. The predicted octanol–water partition coefficient (Wildman–Crippen LogP) is 0.549. The quantitative estimate of drug-likeness (QED) is 0.560. The van der Waals surface area contributed by atoms with E-state index in [1.165, 1.54) is 6.92 Å². The van der Waals surface area contributed by atoms with Crippen LogP contribution in [-0.2, 0) is 4.79 Å². The molecule has 0 amide bonds. The maximum atomic E-state index is 10.4. The Balaban J connectivity index is 3.91. The van der Waals surface area contributed by atoms with Gasteiger partial charge in [-0.1, -0.05) is 16.2 Å². The largest absolute Gasteiger partial charge is 0.382 e. The molecule has 2 unspecified atom stereocenters. The van der Waals surface area contributed by atoms with E-state index in [1.807, 2.05) is 9.24 Å². The molecule has 0 fully saturated rings. The molecule has 0 saturated carbocycles. The van der Waals surface area contributed by atoms with Gasteiger partial charge in [0.05, 0.1) is 0 Å². The first-order chi connectivity index (χ1) is 3.50. The van der Waals surface area contributed by atoms with Crippen molar-refractivity contribution in [2.75, 3.05) is 0 Å². The number of rotatable bonds is 2. The molecule has 0 spiro atoms. The second-order valence-electron chi connectivity index (χ2n) is 1.99. The Hall–Kier alpha value is 0.0600. The van der Waals surface area contributed by atoms with E-state index < -0.39 is 5.60 Å². The van der Waals surface area contributed by atoms with Gasteiger partial charge >= 0.3 is 0 Å². The molecule has 0 radical (unpaired) electrons. The van der Waals surface area contributed by atoms with Crippen LogP contribution in [0.1, 0.15) is 20.3 Å². The number of carbonyl (C=O) groups excluding carboxylic acids is 1. The molecule has 0 saturated heterocycles. The minimum Gasteiger partial charge on any atom is -0.382 e. The van der Waals surface area contributed by atoms with Gasteiger partial charge in [0, 0.05) is 0 Å². The Morgan fingerprint density at radius 3 is 2.25 bits per heavy atom. The van der Waals surface area contributed by atoms with Crippen molar-refractivity contribution >= 4 is 14.8 Å². The third-order valence-corrected chi connectivity index (χ3v) is 1.84. The Kier molecular flexibility index (Phi) is 2.58. The van der Waals surface area contributed by atoms with Gasteiger partial charge < -0.3 is 5.11 Å². The zero-order valence-electron chi connectivity index (χ0n) is 5.14. The summed E-state index contributed by atoms with van der Waals surface area (Å²) in [5.41, 5.74) is -1.38. The highest BCUT2D eigenvalue weighted by atomic mass is 31.0. The van der Waals surface area contributed by atoms with Crippen LogP contribution in [0.3, 0.4) is 0 Å². The summed E-state index contributed by atoms with van der Waals surface area (Å²) >= 11 is 0. The van der Waals surface area contributed by atoms with Gasteiger partial charge in [0.15, 0.2) is 5.52 Å². The van der Waals surface area contributed by atoms with E-state index in [0.29, 0.717) is 6.42 Å². The van der Waals surface area contributed by atoms with Crippen LogP contribution in [0.15, 0.2) is 0 Å². The average Bonchev–Trinajstić information content (AvgIpc) is 1.67. The Morgan fingerprint density at radius 1 is 1.88 bits per heavy atom. The summed E-state index contributed by atoms with van der Waals surface area (Å²) in [6, 6.07) is 0. The molecule has 2 nitrogen and oxygen atoms in total. The van der Waals surface area contributed by atoms with Crippen molar-refractivity contribution in [1.29, 1.82) is 0 Å². The molecule has 0 aliphatic rings. The third kappa shape index (κ3) is 1.89. The molecule has 0 bridgehead atoms. The minimum absolute atomic E-state index is 0.250. The first-order valence-electron chi connectivity index (χ1n) is 2.53. The van der Waals surface area contributed by atoms with E-state index in [2.05, 4.69) is 0 Å². The van der Waals surface area contributed by atoms with E-state index in [-0.39, 0.29) is 5.52 Å². The van der Waals surface area contributed by atoms with Gasteiger partial charge in [-0.2, -0.15) is 0 Å². The SMILES string of the molecule is CCC(C)(O)C(=O)P. The van der Waals surface area contributed by atoms with E-state index in [0.717, 1.165) is 0 Å². The summed E-state index contributed by atoms with van der Waals surface area (Å²) in [7, 11) is 1.96. The average molecular weight is 134 g/mol. The molecule has 3 heteroatoms. The minimum atomic E-state index is -1.13. The lowest BCUT2D eigenvalue weighted by molar-refractivity contribution is -0.126. The molecular weight excluding hydrogens is 123 g/mol.